The lowest BCUT2D eigenvalue weighted by Crippen LogP contribution is -2.19. The lowest BCUT2D eigenvalue weighted by molar-refractivity contribution is 0.109. The summed E-state index contributed by atoms with van der Waals surface area (Å²) in [6.07, 6.45) is 5.43. The normalized spacial score (nSPS) is 19.3. The molecule has 1 aromatic heterocycles. The van der Waals surface area contributed by atoms with Gasteiger partial charge in [-0.2, -0.15) is 0 Å². The first-order valence-corrected chi connectivity index (χ1v) is 11.0. The van der Waals surface area contributed by atoms with E-state index in [-0.39, 0.29) is 6.04 Å². The summed E-state index contributed by atoms with van der Waals surface area (Å²) in [6.45, 7) is 4.82. The number of anilines is 1. The molecular weight excluding hydrogens is 370 g/mol. The van der Waals surface area contributed by atoms with Gasteiger partial charge in [0, 0.05) is 23.8 Å². The molecule has 4 heteroatoms. The molecule has 0 radical (unpaired) electrons. The van der Waals surface area contributed by atoms with E-state index < -0.39 is 0 Å². The van der Waals surface area contributed by atoms with Crippen LogP contribution < -0.4 is 10.6 Å². The second-order valence-corrected chi connectivity index (χ2v) is 8.36. The van der Waals surface area contributed by atoms with E-state index >= 15 is 0 Å². The minimum absolute atomic E-state index is 0.216. The minimum atomic E-state index is 0.216. The average Bonchev–Trinajstić information content (AvgIpc) is 3.34. The molecule has 154 valence electrons. The number of nitrogens with one attached hydrogen (secondary N) is 2. The van der Waals surface area contributed by atoms with Crippen LogP contribution in [0.15, 0.2) is 60.8 Å². The topological polar surface area (TPSA) is 46.2 Å². The molecule has 0 amide bonds. The SMILES string of the molecule is CC(Nc1ccc(-c2cc3c(c(C4CCCN4)c2)COCC3)cn1)c1ccccc1. The second-order valence-electron chi connectivity index (χ2n) is 8.36. The predicted molar refractivity (Wildman–Crippen MR) is 121 cm³/mol. The van der Waals surface area contributed by atoms with E-state index in [0.29, 0.717) is 6.04 Å². The van der Waals surface area contributed by atoms with E-state index in [1.165, 1.54) is 46.2 Å². The number of fused-ring (bicyclic) bond motifs is 1. The molecule has 1 fully saturated rings. The van der Waals surface area contributed by atoms with E-state index in [4.69, 9.17) is 9.72 Å². The van der Waals surface area contributed by atoms with Gasteiger partial charge in [0.1, 0.15) is 5.82 Å². The summed E-state index contributed by atoms with van der Waals surface area (Å²) < 4.78 is 5.78. The molecule has 3 heterocycles. The number of hydrogen-bond acceptors (Lipinski definition) is 4. The standard InChI is InChI=1S/C26H29N3O/c1-18(19-6-3-2-4-7-19)29-26-10-9-21(16-28-26)22-14-20-11-13-30-17-24(20)23(15-22)25-8-5-12-27-25/h2-4,6-7,9-10,14-16,18,25,27H,5,8,11-13,17H2,1H3,(H,28,29). The Morgan fingerprint density at radius 2 is 2.00 bits per heavy atom. The largest absolute Gasteiger partial charge is 0.376 e. The Morgan fingerprint density at radius 1 is 1.10 bits per heavy atom. The molecular formula is C26H29N3O. The number of ether oxygens (including phenoxy) is 1. The molecule has 3 aromatic rings. The first kappa shape index (κ1) is 19.3. The Kier molecular flexibility index (Phi) is 5.52. The van der Waals surface area contributed by atoms with Crippen LogP contribution in [0.25, 0.3) is 11.1 Å². The summed E-state index contributed by atoms with van der Waals surface area (Å²) in [5.74, 6) is 0.902. The number of pyridine rings is 1. The van der Waals surface area contributed by atoms with E-state index in [2.05, 4.69) is 66.1 Å². The van der Waals surface area contributed by atoms with Crippen LogP contribution in [-0.4, -0.2) is 18.1 Å². The summed E-state index contributed by atoms with van der Waals surface area (Å²) >= 11 is 0. The molecule has 0 spiro atoms. The Balaban J connectivity index is 1.40. The maximum Gasteiger partial charge on any atom is 0.126 e. The fourth-order valence-electron chi connectivity index (χ4n) is 4.64. The van der Waals surface area contributed by atoms with Crippen molar-refractivity contribution in [3.63, 3.8) is 0 Å². The van der Waals surface area contributed by atoms with Crippen LogP contribution in [-0.2, 0) is 17.8 Å². The van der Waals surface area contributed by atoms with Crippen molar-refractivity contribution in [2.24, 2.45) is 0 Å². The molecule has 2 atom stereocenters. The molecule has 2 N–H and O–H groups in total. The third-order valence-electron chi connectivity index (χ3n) is 6.34. The summed E-state index contributed by atoms with van der Waals surface area (Å²) in [5, 5.41) is 7.17. The van der Waals surface area contributed by atoms with Crippen molar-refractivity contribution in [1.82, 2.24) is 10.3 Å². The summed E-state index contributed by atoms with van der Waals surface area (Å²) in [4.78, 5) is 4.71. The lowest BCUT2D eigenvalue weighted by atomic mass is 9.89. The van der Waals surface area contributed by atoms with Gasteiger partial charge in [-0.15, -0.1) is 0 Å². The van der Waals surface area contributed by atoms with Gasteiger partial charge >= 0.3 is 0 Å². The second kappa shape index (κ2) is 8.58. The van der Waals surface area contributed by atoms with Crippen LogP contribution >= 0.6 is 0 Å². The number of nitrogens with zero attached hydrogens (tertiary/aromatic N) is 1. The smallest absolute Gasteiger partial charge is 0.126 e. The van der Waals surface area contributed by atoms with Crippen LogP contribution in [0.4, 0.5) is 5.82 Å². The Labute approximate surface area is 178 Å². The van der Waals surface area contributed by atoms with Crippen LogP contribution in [0.3, 0.4) is 0 Å². The van der Waals surface area contributed by atoms with Crippen molar-refractivity contribution in [1.29, 1.82) is 0 Å². The van der Waals surface area contributed by atoms with Crippen LogP contribution in [0, 0.1) is 0 Å². The summed E-state index contributed by atoms with van der Waals surface area (Å²) in [7, 11) is 0. The van der Waals surface area contributed by atoms with Gasteiger partial charge in [0.05, 0.1) is 13.2 Å². The highest BCUT2D eigenvalue weighted by Crippen LogP contribution is 2.35. The van der Waals surface area contributed by atoms with E-state index in [1.807, 2.05) is 12.3 Å². The van der Waals surface area contributed by atoms with Gasteiger partial charge < -0.3 is 15.4 Å². The number of rotatable bonds is 5. The van der Waals surface area contributed by atoms with E-state index in [1.54, 1.807) is 0 Å². The van der Waals surface area contributed by atoms with Gasteiger partial charge in [0.25, 0.3) is 0 Å². The molecule has 2 aromatic carbocycles. The highest BCUT2D eigenvalue weighted by molar-refractivity contribution is 5.67. The molecule has 5 rings (SSSR count). The molecule has 30 heavy (non-hydrogen) atoms. The molecule has 4 nitrogen and oxygen atoms in total. The molecule has 0 saturated carbocycles. The van der Waals surface area contributed by atoms with Crippen LogP contribution in [0.5, 0.6) is 0 Å². The van der Waals surface area contributed by atoms with Crippen molar-refractivity contribution in [2.45, 2.75) is 44.9 Å². The van der Waals surface area contributed by atoms with Gasteiger partial charge in [-0.25, -0.2) is 4.98 Å². The number of benzene rings is 2. The summed E-state index contributed by atoms with van der Waals surface area (Å²) in [5.41, 5.74) is 7.93. The lowest BCUT2D eigenvalue weighted by Gasteiger charge is -2.24. The van der Waals surface area contributed by atoms with Crippen molar-refractivity contribution in [3.05, 3.63) is 83.0 Å². The minimum Gasteiger partial charge on any atom is -0.376 e. The van der Waals surface area contributed by atoms with Gasteiger partial charge in [0.2, 0.25) is 0 Å². The monoisotopic (exact) mass is 399 g/mol. The Hall–Kier alpha value is -2.69. The van der Waals surface area contributed by atoms with Gasteiger partial charge in [0.15, 0.2) is 0 Å². The first-order chi connectivity index (χ1) is 14.8. The van der Waals surface area contributed by atoms with Gasteiger partial charge in [-0.3, -0.25) is 0 Å². The van der Waals surface area contributed by atoms with E-state index in [0.717, 1.165) is 32.0 Å². The fraction of sp³-hybridized carbons (Fsp3) is 0.346. The third kappa shape index (κ3) is 3.98. The summed E-state index contributed by atoms with van der Waals surface area (Å²) in [6, 6.07) is 20.1. The zero-order chi connectivity index (χ0) is 20.3. The highest BCUT2D eigenvalue weighted by atomic mass is 16.5. The van der Waals surface area contributed by atoms with Crippen molar-refractivity contribution < 1.29 is 4.74 Å². The molecule has 1 saturated heterocycles. The molecule has 2 aliphatic heterocycles. The molecule has 0 aliphatic carbocycles. The van der Waals surface area contributed by atoms with Crippen molar-refractivity contribution in [2.75, 3.05) is 18.5 Å². The highest BCUT2D eigenvalue weighted by Gasteiger charge is 2.24. The Bertz CT molecular complexity index is 995. The Morgan fingerprint density at radius 3 is 2.77 bits per heavy atom. The third-order valence-corrected chi connectivity index (χ3v) is 6.34. The zero-order valence-corrected chi connectivity index (χ0v) is 17.5. The van der Waals surface area contributed by atoms with Crippen molar-refractivity contribution in [3.8, 4) is 11.1 Å². The predicted octanol–water partition coefficient (Wildman–Crippen LogP) is 5.42. The first-order valence-electron chi connectivity index (χ1n) is 11.0. The maximum absolute atomic E-state index is 5.78. The van der Waals surface area contributed by atoms with E-state index in [9.17, 15) is 0 Å². The maximum atomic E-state index is 5.78. The quantitative estimate of drug-likeness (QED) is 0.601. The van der Waals surface area contributed by atoms with Crippen LogP contribution in [0.1, 0.15) is 54.1 Å². The fourth-order valence-corrected chi connectivity index (χ4v) is 4.64. The van der Waals surface area contributed by atoms with Crippen molar-refractivity contribution >= 4 is 5.82 Å². The number of hydrogen-bond donors (Lipinski definition) is 2. The molecule has 2 aliphatic rings. The number of aromatic nitrogens is 1. The van der Waals surface area contributed by atoms with Gasteiger partial charge in [-0.1, -0.05) is 36.4 Å². The van der Waals surface area contributed by atoms with Gasteiger partial charge in [-0.05, 0) is 78.7 Å². The molecule has 2 unspecified atom stereocenters. The van der Waals surface area contributed by atoms with Crippen LogP contribution in [0.2, 0.25) is 0 Å². The average molecular weight is 400 g/mol. The zero-order valence-electron chi connectivity index (χ0n) is 17.5. The molecule has 0 bridgehead atoms.